The zero-order valence-electron chi connectivity index (χ0n) is 37.7. The maximum absolute atomic E-state index is 6.63. The molecule has 6 aromatic carbocycles. The van der Waals surface area contributed by atoms with Crippen molar-refractivity contribution in [2.24, 2.45) is 5.92 Å². The molecule has 0 aliphatic carbocycles. The van der Waals surface area contributed by atoms with Gasteiger partial charge >= 0.3 is 126 Å². The molecule has 0 saturated heterocycles. The van der Waals surface area contributed by atoms with E-state index in [0.29, 0.717) is 11.6 Å². The van der Waals surface area contributed by atoms with Crippen molar-refractivity contribution >= 4 is 50.8 Å². The fraction of sp³-hybridized carbons (Fsp3) is 0.175. The Hall–Kier alpha value is -5.92. The van der Waals surface area contributed by atoms with Gasteiger partial charge in [-0.25, -0.2) is 4.98 Å². The average Bonchev–Trinajstić information content (AvgIpc) is 3.86. The van der Waals surface area contributed by atoms with Crippen LogP contribution in [0, 0.1) is 38.8 Å². The van der Waals surface area contributed by atoms with Crippen molar-refractivity contribution in [3.63, 3.8) is 0 Å². The summed E-state index contributed by atoms with van der Waals surface area (Å²) in [6.07, 6.45) is 3.27. The molecule has 0 amide bonds. The van der Waals surface area contributed by atoms with Crippen molar-refractivity contribution in [2.75, 3.05) is 0 Å². The van der Waals surface area contributed by atoms with Crippen LogP contribution in [0.25, 0.3) is 83.8 Å². The Bertz CT molecular complexity index is 3220. The van der Waals surface area contributed by atoms with E-state index < -0.39 is 13.3 Å². The van der Waals surface area contributed by atoms with Crippen LogP contribution in [0.5, 0.6) is 0 Å². The molecule has 10 aromatic rings. The topological polar surface area (TPSA) is 56.7 Å². The van der Waals surface area contributed by atoms with Crippen LogP contribution in [0.1, 0.15) is 36.1 Å². The molecule has 4 aromatic heterocycles. The summed E-state index contributed by atoms with van der Waals surface area (Å²) in [7, 11) is 0. The number of fused-ring (bicyclic) bond motifs is 4. The van der Waals surface area contributed by atoms with Crippen LogP contribution >= 0.6 is 0 Å². The first-order chi connectivity index (χ1) is 30.4. The summed E-state index contributed by atoms with van der Waals surface area (Å²) >= 11 is -1.86. The fourth-order valence-electron chi connectivity index (χ4n) is 8.76. The molecule has 64 heavy (non-hydrogen) atoms. The number of para-hydroxylation sites is 2. The molecule has 0 spiro atoms. The SMILES string of the molecule is CC(C)Cc1cc(-c2[c-]cccc2)nc[c]1[Ge]([CH3])([CH3])[CH3].Cc1cccc(C)c1-c1ccc2c(n1)oc1c(-c3nc4ccccc4n3-c3ccc(-c4ccccc4)cc3)[c-]cc(C)c12.[Ir]. The normalized spacial score (nSPS) is 11.5. The second-order valence-electron chi connectivity index (χ2n) is 18.0. The first-order valence-corrected chi connectivity index (χ1v) is 29.2. The van der Waals surface area contributed by atoms with Gasteiger partial charge < -0.3 is 8.98 Å². The van der Waals surface area contributed by atoms with Gasteiger partial charge in [0.25, 0.3) is 0 Å². The van der Waals surface area contributed by atoms with Crippen LogP contribution in [-0.4, -0.2) is 32.8 Å². The number of nitrogens with zero attached hydrogens (tertiary/aromatic N) is 4. The summed E-state index contributed by atoms with van der Waals surface area (Å²) in [4.78, 5) is 14.9. The minimum atomic E-state index is -1.86. The Morgan fingerprint density at radius 3 is 2.09 bits per heavy atom. The molecular weight excluding hydrogens is 1020 g/mol. The summed E-state index contributed by atoms with van der Waals surface area (Å²) in [5, 5.41) is 2.04. The van der Waals surface area contributed by atoms with Gasteiger partial charge in [0, 0.05) is 36.7 Å². The number of pyridine rings is 2. The summed E-state index contributed by atoms with van der Waals surface area (Å²) in [5.41, 5.74) is 16.7. The van der Waals surface area contributed by atoms with Gasteiger partial charge in [-0.05, 0) is 72.5 Å². The predicted molar refractivity (Wildman–Crippen MR) is 266 cm³/mol. The largest absolute Gasteiger partial charge is 0.486 e. The van der Waals surface area contributed by atoms with E-state index in [1.54, 1.807) is 4.40 Å². The summed E-state index contributed by atoms with van der Waals surface area (Å²) in [5.74, 6) is 8.78. The number of furan rings is 1. The molecule has 0 N–H and O–H groups in total. The van der Waals surface area contributed by atoms with Crippen LogP contribution < -0.4 is 4.40 Å². The molecular formula is C57H52GeIrN4O-2. The van der Waals surface area contributed by atoms with Crippen LogP contribution in [0.3, 0.4) is 0 Å². The van der Waals surface area contributed by atoms with Crippen LogP contribution in [-0.2, 0) is 26.5 Å². The van der Waals surface area contributed by atoms with Crippen molar-refractivity contribution in [3.05, 3.63) is 186 Å². The standard InChI is InChI=1S/C39H28N3O.C18H24GeN.Ir/c1-24-10-9-11-25(2)35(24)33-23-22-30-36-26(3)16-21-31(37(36)43-39(30)41-33)38-40-32-14-7-8-15-34(32)42(38)29-19-17-28(18-20-29)27-12-5-4-6-13-27;1-14(2)11-16-12-18(15-9-7-6-8-10-15)20-13-17(16)19(3,4)5;/h4-20,22-23H,1-3H3;6-9,12-14H,11H2,1-5H3;/q2*-1;. The van der Waals surface area contributed by atoms with E-state index in [2.05, 4.69) is 184 Å². The Labute approximate surface area is 393 Å². The van der Waals surface area contributed by atoms with Crippen molar-refractivity contribution in [3.8, 4) is 50.7 Å². The zero-order chi connectivity index (χ0) is 43.8. The molecule has 0 aliphatic rings. The molecule has 7 heteroatoms. The van der Waals surface area contributed by atoms with Gasteiger partial charge in [-0.2, -0.15) is 0 Å². The number of benzene rings is 6. The van der Waals surface area contributed by atoms with Crippen molar-refractivity contribution in [1.29, 1.82) is 0 Å². The molecule has 321 valence electrons. The van der Waals surface area contributed by atoms with E-state index in [4.69, 9.17) is 19.4 Å². The second-order valence-corrected chi connectivity index (χ2v) is 28.6. The van der Waals surface area contributed by atoms with Crippen LogP contribution in [0.15, 0.2) is 156 Å². The molecule has 0 fully saturated rings. The van der Waals surface area contributed by atoms with Gasteiger partial charge in [0.2, 0.25) is 5.71 Å². The molecule has 0 bridgehead atoms. The summed E-state index contributed by atoms with van der Waals surface area (Å²) in [6.45, 7) is 10.9. The molecule has 0 unspecified atom stereocenters. The van der Waals surface area contributed by atoms with Crippen molar-refractivity contribution in [2.45, 2.75) is 58.3 Å². The quantitative estimate of drug-likeness (QED) is 0.112. The van der Waals surface area contributed by atoms with Crippen molar-refractivity contribution in [1.82, 2.24) is 19.5 Å². The minimum Gasteiger partial charge on any atom is -0.486 e. The maximum atomic E-state index is 6.63. The number of aromatic nitrogens is 4. The maximum Gasteiger partial charge on any atom is 0.216 e. The Morgan fingerprint density at radius 2 is 1.39 bits per heavy atom. The number of aryl methyl sites for hydroxylation is 3. The summed E-state index contributed by atoms with van der Waals surface area (Å²) in [6, 6.07) is 57.1. The van der Waals surface area contributed by atoms with Gasteiger partial charge in [0.15, 0.2) is 0 Å². The monoisotopic (exact) mass is 1080 g/mol. The number of hydrogen-bond acceptors (Lipinski definition) is 4. The molecule has 0 aliphatic heterocycles. The Balaban J connectivity index is 0.000000225. The fourth-order valence-corrected chi connectivity index (χ4v) is 12.1. The van der Waals surface area contributed by atoms with Gasteiger partial charge in [-0.3, -0.25) is 4.98 Å². The predicted octanol–water partition coefficient (Wildman–Crippen LogP) is 14.3. The minimum absolute atomic E-state index is 0. The number of hydrogen-bond donors (Lipinski definition) is 0. The van der Waals surface area contributed by atoms with E-state index in [1.165, 1.54) is 27.8 Å². The van der Waals surface area contributed by atoms with Crippen LogP contribution in [0.2, 0.25) is 17.3 Å². The zero-order valence-corrected chi connectivity index (χ0v) is 42.2. The van der Waals surface area contributed by atoms with Gasteiger partial charge in [0.1, 0.15) is 0 Å². The van der Waals surface area contributed by atoms with E-state index >= 15 is 0 Å². The van der Waals surface area contributed by atoms with E-state index in [9.17, 15) is 0 Å². The molecule has 0 atom stereocenters. The molecule has 5 nitrogen and oxygen atoms in total. The Morgan fingerprint density at radius 1 is 0.688 bits per heavy atom. The van der Waals surface area contributed by atoms with Gasteiger partial charge in [0.05, 0.1) is 28.1 Å². The molecule has 1 radical (unpaired) electrons. The number of rotatable bonds is 8. The van der Waals surface area contributed by atoms with Crippen molar-refractivity contribution < 1.29 is 24.5 Å². The third-order valence-electron chi connectivity index (χ3n) is 11.8. The second kappa shape index (κ2) is 18.7. The van der Waals surface area contributed by atoms with Gasteiger partial charge in [-0.15, -0.1) is 17.7 Å². The molecule has 4 heterocycles. The molecule has 10 rings (SSSR count). The smallest absolute Gasteiger partial charge is 0.216 e. The average molecular weight is 1070 g/mol. The van der Waals surface area contributed by atoms with Gasteiger partial charge in [-0.1, -0.05) is 90.7 Å². The first-order valence-electron chi connectivity index (χ1n) is 21.9. The van der Waals surface area contributed by atoms with E-state index in [1.807, 2.05) is 36.4 Å². The van der Waals surface area contributed by atoms with E-state index in [-0.39, 0.29) is 20.1 Å². The van der Waals surface area contributed by atoms with Crippen LogP contribution in [0.4, 0.5) is 0 Å². The van der Waals surface area contributed by atoms with E-state index in [0.717, 1.165) is 79.0 Å². The third-order valence-corrected chi connectivity index (χ3v) is 16.1. The Kier molecular flexibility index (Phi) is 13.0. The third kappa shape index (κ3) is 8.92. The number of imidazole rings is 1. The first kappa shape index (κ1) is 44.7. The molecule has 0 saturated carbocycles. The summed E-state index contributed by atoms with van der Waals surface area (Å²) < 4.78 is 10.4.